The van der Waals surface area contributed by atoms with Crippen molar-refractivity contribution in [2.45, 2.75) is 32.0 Å². The molecule has 0 spiro atoms. The lowest BCUT2D eigenvalue weighted by molar-refractivity contribution is -0.125. The first-order chi connectivity index (χ1) is 12.6. The van der Waals surface area contributed by atoms with Gasteiger partial charge in [0.05, 0.1) is 11.1 Å². The lowest BCUT2D eigenvalue weighted by atomic mass is 10.1. The number of hydrogen-bond donors (Lipinski definition) is 1. The summed E-state index contributed by atoms with van der Waals surface area (Å²) in [5.74, 6) is 0.336. The lowest BCUT2D eigenvalue weighted by Gasteiger charge is -2.24. The van der Waals surface area contributed by atoms with E-state index in [-0.39, 0.29) is 24.4 Å². The Bertz CT molecular complexity index is 764. The van der Waals surface area contributed by atoms with Crippen LogP contribution in [0.15, 0.2) is 42.5 Å². The Morgan fingerprint density at radius 2 is 2.12 bits per heavy atom. The van der Waals surface area contributed by atoms with Gasteiger partial charge in [-0.3, -0.25) is 9.69 Å². The molecule has 0 radical (unpaired) electrons. The Kier molecular flexibility index (Phi) is 6.12. The zero-order valence-corrected chi connectivity index (χ0v) is 15.4. The molecule has 2 aromatic rings. The number of amides is 1. The fourth-order valence-corrected chi connectivity index (χ4v) is 3.51. The molecule has 26 heavy (non-hydrogen) atoms. The lowest BCUT2D eigenvalue weighted by Crippen LogP contribution is -2.41. The zero-order valence-electron chi connectivity index (χ0n) is 14.7. The molecule has 0 saturated carbocycles. The SMILES string of the molecule is CNC(=O)[C@H]1CCCN1Cc1ccccc1OCc1c(F)cccc1Cl. The Labute approximate surface area is 157 Å². The van der Waals surface area contributed by atoms with Gasteiger partial charge in [-0.25, -0.2) is 4.39 Å². The molecule has 0 aliphatic carbocycles. The fourth-order valence-electron chi connectivity index (χ4n) is 3.29. The first kappa shape index (κ1) is 18.7. The summed E-state index contributed by atoms with van der Waals surface area (Å²) < 4.78 is 19.8. The number of hydrogen-bond acceptors (Lipinski definition) is 3. The van der Waals surface area contributed by atoms with Gasteiger partial charge in [0.2, 0.25) is 5.91 Å². The van der Waals surface area contributed by atoms with Crippen LogP contribution in [-0.4, -0.2) is 30.4 Å². The predicted molar refractivity (Wildman–Crippen MR) is 99.7 cm³/mol. The summed E-state index contributed by atoms with van der Waals surface area (Å²) in [6.07, 6.45) is 1.85. The van der Waals surface area contributed by atoms with Crippen LogP contribution in [0.1, 0.15) is 24.0 Å². The van der Waals surface area contributed by atoms with Gasteiger partial charge in [0.25, 0.3) is 0 Å². The highest BCUT2D eigenvalue weighted by Crippen LogP contribution is 2.27. The monoisotopic (exact) mass is 376 g/mol. The molecule has 1 aliphatic heterocycles. The number of ether oxygens (including phenoxy) is 1. The van der Waals surface area contributed by atoms with Crippen LogP contribution in [0.4, 0.5) is 4.39 Å². The molecule has 1 N–H and O–H groups in total. The van der Waals surface area contributed by atoms with Crippen molar-refractivity contribution in [1.82, 2.24) is 10.2 Å². The maximum absolute atomic E-state index is 13.9. The molecule has 1 saturated heterocycles. The van der Waals surface area contributed by atoms with Crippen molar-refractivity contribution in [2.75, 3.05) is 13.6 Å². The maximum Gasteiger partial charge on any atom is 0.237 e. The van der Waals surface area contributed by atoms with E-state index >= 15 is 0 Å². The average Bonchev–Trinajstić information content (AvgIpc) is 3.10. The van der Waals surface area contributed by atoms with Crippen molar-refractivity contribution in [1.29, 1.82) is 0 Å². The van der Waals surface area contributed by atoms with E-state index in [0.29, 0.717) is 22.9 Å². The predicted octanol–water partition coefficient (Wildman–Crippen LogP) is 3.77. The van der Waals surface area contributed by atoms with Crippen LogP contribution >= 0.6 is 11.6 Å². The second kappa shape index (κ2) is 8.52. The Morgan fingerprint density at radius 3 is 2.88 bits per heavy atom. The molecule has 1 fully saturated rings. The summed E-state index contributed by atoms with van der Waals surface area (Å²) >= 11 is 6.07. The van der Waals surface area contributed by atoms with E-state index in [2.05, 4.69) is 10.2 Å². The van der Waals surface area contributed by atoms with Crippen molar-refractivity contribution in [3.05, 3.63) is 64.4 Å². The largest absolute Gasteiger partial charge is 0.488 e. The van der Waals surface area contributed by atoms with Crippen molar-refractivity contribution >= 4 is 17.5 Å². The third-order valence-electron chi connectivity index (χ3n) is 4.69. The second-order valence-corrected chi connectivity index (χ2v) is 6.75. The minimum Gasteiger partial charge on any atom is -0.488 e. The van der Waals surface area contributed by atoms with Gasteiger partial charge in [-0.1, -0.05) is 35.9 Å². The van der Waals surface area contributed by atoms with Crippen LogP contribution in [-0.2, 0) is 17.9 Å². The Hall–Kier alpha value is -2.11. The summed E-state index contributed by atoms with van der Waals surface area (Å²) in [7, 11) is 1.66. The van der Waals surface area contributed by atoms with Crippen LogP contribution in [0.3, 0.4) is 0 Å². The first-order valence-corrected chi connectivity index (χ1v) is 9.07. The molecule has 1 atom stereocenters. The number of carbonyl (C=O) groups excluding carboxylic acids is 1. The van der Waals surface area contributed by atoms with E-state index in [0.717, 1.165) is 24.9 Å². The van der Waals surface area contributed by atoms with Gasteiger partial charge in [-0.2, -0.15) is 0 Å². The Morgan fingerprint density at radius 1 is 1.31 bits per heavy atom. The highest BCUT2D eigenvalue weighted by atomic mass is 35.5. The van der Waals surface area contributed by atoms with Gasteiger partial charge in [0.1, 0.15) is 18.2 Å². The van der Waals surface area contributed by atoms with Gasteiger partial charge < -0.3 is 10.1 Å². The van der Waals surface area contributed by atoms with E-state index in [4.69, 9.17) is 16.3 Å². The second-order valence-electron chi connectivity index (χ2n) is 6.34. The van der Waals surface area contributed by atoms with Gasteiger partial charge in [-0.15, -0.1) is 0 Å². The van der Waals surface area contributed by atoms with Crippen molar-refractivity contribution in [3.63, 3.8) is 0 Å². The molecule has 3 rings (SSSR count). The van der Waals surface area contributed by atoms with E-state index in [1.54, 1.807) is 19.2 Å². The van der Waals surface area contributed by atoms with Gasteiger partial charge in [0, 0.05) is 24.7 Å². The number of para-hydroxylation sites is 1. The number of carbonyl (C=O) groups is 1. The van der Waals surface area contributed by atoms with E-state index in [9.17, 15) is 9.18 Å². The molecule has 1 amide bonds. The third kappa shape index (κ3) is 4.17. The van der Waals surface area contributed by atoms with Crippen LogP contribution in [0.5, 0.6) is 5.75 Å². The highest BCUT2D eigenvalue weighted by Gasteiger charge is 2.30. The molecule has 6 heteroatoms. The average molecular weight is 377 g/mol. The zero-order chi connectivity index (χ0) is 18.5. The number of likely N-dealkylation sites (tertiary alicyclic amines) is 1. The minimum absolute atomic E-state index is 0.0408. The van der Waals surface area contributed by atoms with E-state index < -0.39 is 0 Å². The smallest absolute Gasteiger partial charge is 0.237 e. The highest BCUT2D eigenvalue weighted by molar-refractivity contribution is 6.31. The van der Waals surface area contributed by atoms with Crippen LogP contribution in [0.25, 0.3) is 0 Å². The number of nitrogens with zero attached hydrogens (tertiary/aromatic N) is 1. The number of benzene rings is 2. The molecule has 4 nitrogen and oxygen atoms in total. The molecular formula is C20H22ClFN2O2. The molecule has 1 heterocycles. The quantitative estimate of drug-likeness (QED) is 0.834. The summed E-state index contributed by atoms with van der Waals surface area (Å²) in [6.45, 7) is 1.53. The molecule has 1 aliphatic rings. The van der Waals surface area contributed by atoms with Crippen LogP contribution in [0.2, 0.25) is 5.02 Å². The summed E-state index contributed by atoms with van der Waals surface area (Å²) in [6, 6.07) is 12.1. The van der Waals surface area contributed by atoms with Gasteiger partial charge >= 0.3 is 0 Å². The minimum atomic E-state index is -0.380. The fraction of sp³-hybridized carbons (Fsp3) is 0.350. The summed E-state index contributed by atoms with van der Waals surface area (Å²) in [4.78, 5) is 14.2. The topological polar surface area (TPSA) is 41.6 Å². The number of halogens is 2. The standard InChI is InChI=1S/C20H22ClFN2O2/c1-23-20(25)18-9-5-11-24(18)12-14-6-2-3-10-19(14)26-13-15-16(21)7-4-8-17(15)22/h2-4,6-8,10,18H,5,9,11-13H2,1H3,(H,23,25)/t18-/m1/s1. The van der Waals surface area contributed by atoms with Crippen molar-refractivity contribution in [3.8, 4) is 5.75 Å². The van der Waals surface area contributed by atoms with E-state index in [1.165, 1.54) is 6.07 Å². The molecule has 2 aromatic carbocycles. The third-order valence-corrected chi connectivity index (χ3v) is 5.05. The molecule has 0 unspecified atom stereocenters. The van der Waals surface area contributed by atoms with Crippen molar-refractivity contribution in [2.24, 2.45) is 0 Å². The number of likely N-dealkylation sites (N-methyl/N-ethyl adjacent to an activating group) is 1. The molecule has 0 bridgehead atoms. The molecule has 138 valence electrons. The summed E-state index contributed by atoms with van der Waals surface area (Å²) in [5, 5.41) is 3.08. The first-order valence-electron chi connectivity index (χ1n) is 8.69. The molecule has 0 aromatic heterocycles. The van der Waals surface area contributed by atoms with Crippen LogP contribution in [0, 0.1) is 5.82 Å². The van der Waals surface area contributed by atoms with Crippen molar-refractivity contribution < 1.29 is 13.9 Å². The Balaban J connectivity index is 1.73. The van der Waals surface area contributed by atoms with Gasteiger partial charge in [-0.05, 0) is 37.6 Å². The maximum atomic E-state index is 13.9. The number of nitrogens with one attached hydrogen (secondary N) is 1. The molecular weight excluding hydrogens is 355 g/mol. The number of rotatable bonds is 6. The normalized spacial score (nSPS) is 17.3. The van der Waals surface area contributed by atoms with Crippen LogP contribution < -0.4 is 10.1 Å². The van der Waals surface area contributed by atoms with E-state index in [1.807, 2.05) is 24.3 Å². The van der Waals surface area contributed by atoms with Gasteiger partial charge in [0.15, 0.2) is 0 Å². The summed E-state index contributed by atoms with van der Waals surface area (Å²) in [5.41, 5.74) is 1.31.